The van der Waals surface area contributed by atoms with Crippen LogP contribution in [0.15, 0.2) is 0 Å². The summed E-state index contributed by atoms with van der Waals surface area (Å²) in [5, 5.41) is 9.58. The van der Waals surface area contributed by atoms with Gasteiger partial charge in [-0.25, -0.2) is 0 Å². The molecule has 3 nitrogen and oxygen atoms in total. The molecular weight excluding hydrogens is 160 g/mol. The minimum Gasteiger partial charge on any atom is -0.396 e. The van der Waals surface area contributed by atoms with Crippen molar-refractivity contribution in [1.82, 2.24) is 0 Å². The minimum atomic E-state index is -2.27. The minimum absolute atomic E-state index is 0.414. The molecule has 11 heavy (non-hydrogen) atoms. The third-order valence-corrected chi connectivity index (χ3v) is 5.87. The molecule has 4 heteroatoms. The highest BCUT2D eigenvalue weighted by Crippen LogP contribution is 2.17. The van der Waals surface area contributed by atoms with Crippen LogP contribution < -0.4 is 0 Å². The van der Waals surface area contributed by atoms with Crippen molar-refractivity contribution in [2.24, 2.45) is 0 Å². The van der Waals surface area contributed by atoms with Crippen LogP contribution >= 0.6 is 0 Å². The van der Waals surface area contributed by atoms with Gasteiger partial charge in [0.2, 0.25) is 0 Å². The van der Waals surface area contributed by atoms with Crippen molar-refractivity contribution in [1.29, 1.82) is 0 Å². The average Bonchev–Trinajstić information content (AvgIpc) is 2.08. The van der Waals surface area contributed by atoms with Crippen molar-refractivity contribution in [2.75, 3.05) is 14.2 Å². The van der Waals surface area contributed by atoms with Crippen molar-refractivity contribution >= 4 is 8.56 Å². The number of hydrogen-bond acceptors (Lipinski definition) is 3. The largest absolute Gasteiger partial charge is 0.396 e. The molecule has 0 aliphatic carbocycles. The van der Waals surface area contributed by atoms with Gasteiger partial charge in [0.1, 0.15) is 0 Å². The van der Waals surface area contributed by atoms with E-state index in [9.17, 15) is 5.11 Å². The van der Waals surface area contributed by atoms with E-state index >= 15 is 0 Å². The van der Waals surface area contributed by atoms with Gasteiger partial charge >= 0.3 is 8.56 Å². The van der Waals surface area contributed by atoms with E-state index < -0.39 is 14.3 Å². The normalized spacial score (nSPS) is 15.0. The van der Waals surface area contributed by atoms with Gasteiger partial charge in [-0.1, -0.05) is 13.8 Å². The lowest BCUT2D eigenvalue weighted by Crippen LogP contribution is -2.51. The van der Waals surface area contributed by atoms with Crippen LogP contribution in [0.2, 0.25) is 6.04 Å². The Kier molecular flexibility index (Phi) is 4.91. The monoisotopic (exact) mass is 178 g/mol. The predicted octanol–water partition coefficient (Wildman–Crippen LogP) is 1.05. The van der Waals surface area contributed by atoms with Crippen LogP contribution in [0.1, 0.15) is 20.3 Å². The molecule has 0 aromatic rings. The molecule has 68 valence electrons. The quantitative estimate of drug-likeness (QED) is 0.640. The van der Waals surface area contributed by atoms with E-state index in [0.717, 1.165) is 6.04 Å². The molecule has 1 unspecified atom stereocenters. The van der Waals surface area contributed by atoms with Gasteiger partial charge in [-0.2, -0.15) is 0 Å². The first-order chi connectivity index (χ1) is 5.16. The Balaban J connectivity index is 4.26. The molecule has 0 bridgehead atoms. The van der Waals surface area contributed by atoms with E-state index in [1.807, 2.05) is 13.8 Å². The Morgan fingerprint density at radius 1 is 1.27 bits per heavy atom. The molecule has 0 heterocycles. The van der Waals surface area contributed by atoms with Crippen LogP contribution in [0.25, 0.3) is 0 Å². The second-order valence-electron chi connectivity index (χ2n) is 2.50. The summed E-state index contributed by atoms with van der Waals surface area (Å²) in [6.45, 7) is 3.91. The number of aliphatic hydroxyl groups is 1. The topological polar surface area (TPSA) is 38.7 Å². The molecule has 0 fully saturated rings. The van der Waals surface area contributed by atoms with Gasteiger partial charge in [0.05, 0.1) is 5.73 Å². The molecule has 1 atom stereocenters. The third kappa shape index (κ3) is 2.26. The van der Waals surface area contributed by atoms with E-state index in [1.165, 1.54) is 0 Å². The summed E-state index contributed by atoms with van der Waals surface area (Å²) in [5.41, 5.74) is -0.414. The second kappa shape index (κ2) is 4.87. The van der Waals surface area contributed by atoms with Gasteiger partial charge in [0.15, 0.2) is 0 Å². The first-order valence-electron chi connectivity index (χ1n) is 3.95. The van der Waals surface area contributed by atoms with Crippen LogP contribution in [-0.4, -0.2) is 33.6 Å². The molecule has 0 rings (SSSR count). The summed E-state index contributed by atoms with van der Waals surface area (Å²) in [4.78, 5) is 0. The van der Waals surface area contributed by atoms with Crippen molar-refractivity contribution in [3.05, 3.63) is 0 Å². The zero-order chi connectivity index (χ0) is 8.91. The fourth-order valence-corrected chi connectivity index (χ4v) is 3.57. The number of aliphatic hydroxyl groups excluding tert-OH is 1. The molecule has 0 saturated heterocycles. The van der Waals surface area contributed by atoms with Crippen molar-refractivity contribution in [3.8, 4) is 0 Å². The number of rotatable bonds is 5. The Morgan fingerprint density at radius 2 is 1.73 bits per heavy atom. The fraction of sp³-hybridized carbons (Fsp3) is 1.00. The van der Waals surface area contributed by atoms with Crippen molar-refractivity contribution in [2.45, 2.75) is 32.0 Å². The Bertz CT molecular complexity index is 95.6. The smallest absolute Gasteiger partial charge is 0.366 e. The van der Waals surface area contributed by atoms with Crippen molar-refractivity contribution < 1.29 is 14.0 Å². The second-order valence-corrected chi connectivity index (χ2v) is 6.31. The summed E-state index contributed by atoms with van der Waals surface area (Å²) >= 11 is 0. The summed E-state index contributed by atoms with van der Waals surface area (Å²) < 4.78 is 10.5. The molecule has 0 aliphatic rings. The predicted molar refractivity (Wildman–Crippen MR) is 46.6 cm³/mol. The molecule has 0 aromatic heterocycles. The highest BCUT2D eigenvalue weighted by Gasteiger charge is 2.40. The highest BCUT2D eigenvalue weighted by atomic mass is 28.4. The van der Waals surface area contributed by atoms with E-state index in [4.69, 9.17) is 8.85 Å². The summed E-state index contributed by atoms with van der Waals surface area (Å²) in [6.07, 6.45) is 0.696. The van der Waals surface area contributed by atoms with Crippen LogP contribution in [-0.2, 0) is 8.85 Å². The maximum atomic E-state index is 9.58. The Labute approximate surface area is 69.6 Å². The lowest BCUT2D eigenvalue weighted by Gasteiger charge is -2.30. The van der Waals surface area contributed by atoms with Gasteiger partial charge in [-0.15, -0.1) is 0 Å². The summed E-state index contributed by atoms with van der Waals surface area (Å²) in [6, 6.07) is 0.787. The molecule has 0 aliphatic heterocycles. The summed E-state index contributed by atoms with van der Waals surface area (Å²) in [7, 11) is 0.953. The van der Waals surface area contributed by atoms with Crippen LogP contribution in [0.3, 0.4) is 0 Å². The van der Waals surface area contributed by atoms with E-state index in [2.05, 4.69) is 0 Å². The van der Waals surface area contributed by atoms with E-state index in [1.54, 1.807) is 14.2 Å². The van der Waals surface area contributed by atoms with E-state index in [0.29, 0.717) is 6.42 Å². The SMILES string of the molecule is CCC(O)[Si](CC)(OC)OC. The maximum Gasteiger partial charge on any atom is 0.366 e. The molecule has 1 N–H and O–H groups in total. The first-order valence-corrected chi connectivity index (χ1v) is 6.05. The lowest BCUT2D eigenvalue weighted by atomic mass is 10.5. The van der Waals surface area contributed by atoms with Gasteiger partial charge in [-0.05, 0) is 12.5 Å². The zero-order valence-corrected chi connectivity index (χ0v) is 8.76. The first kappa shape index (κ1) is 11.1. The van der Waals surface area contributed by atoms with Gasteiger partial charge in [0, 0.05) is 14.2 Å². The van der Waals surface area contributed by atoms with Gasteiger partial charge in [0.25, 0.3) is 0 Å². The molecule has 0 saturated carbocycles. The summed E-state index contributed by atoms with van der Waals surface area (Å²) in [5.74, 6) is 0. The molecule has 0 radical (unpaired) electrons. The molecule has 0 spiro atoms. The Morgan fingerprint density at radius 3 is 1.82 bits per heavy atom. The van der Waals surface area contributed by atoms with Crippen LogP contribution in [0.4, 0.5) is 0 Å². The average molecular weight is 178 g/mol. The van der Waals surface area contributed by atoms with Gasteiger partial charge in [-0.3, -0.25) is 0 Å². The molecule has 0 aromatic carbocycles. The standard InChI is InChI=1S/C7H18O3Si/c1-5-7(8)11(6-2,9-3)10-4/h7-8H,5-6H2,1-4H3. The van der Waals surface area contributed by atoms with Crippen molar-refractivity contribution in [3.63, 3.8) is 0 Å². The van der Waals surface area contributed by atoms with Crippen LogP contribution in [0.5, 0.6) is 0 Å². The zero-order valence-electron chi connectivity index (χ0n) is 7.76. The van der Waals surface area contributed by atoms with Gasteiger partial charge < -0.3 is 14.0 Å². The lowest BCUT2D eigenvalue weighted by molar-refractivity contribution is 0.138. The fourth-order valence-electron chi connectivity index (χ4n) is 1.19. The Hall–Kier alpha value is 0.0969. The highest BCUT2D eigenvalue weighted by molar-refractivity contribution is 6.68. The molecular formula is C7H18O3Si. The maximum absolute atomic E-state index is 9.58. The van der Waals surface area contributed by atoms with Crippen LogP contribution in [0, 0.1) is 0 Å². The van der Waals surface area contributed by atoms with E-state index in [-0.39, 0.29) is 0 Å². The number of hydrogen-bond donors (Lipinski definition) is 1. The molecule has 0 amide bonds. The third-order valence-electron chi connectivity index (χ3n) is 2.08.